The molecule has 0 unspecified atom stereocenters. The highest BCUT2D eigenvalue weighted by atomic mass is 14.9. The van der Waals surface area contributed by atoms with E-state index >= 15 is 0 Å². The lowest BCUT2D eigenvalue weighted by Crippen LogP contribution is -1.79. The van der Waals surface area contributed by atoms with Crippen LogP contribution in [-0.2, 0) is 0 Å². The molecular weight excluding hydrogens is 174 g/mol. The van der Waals surface area contributed by atoms with Crippen LogP contribution in [0.2, 0.25) is 0 Å². The molecule has 3 heteroatoms. The lowest BCUT2D eigenvalue weighted by Gasteiger charge is -1.96. The first-order valence-electron chi connectivity index (χ1n) is 4.33. The minimum atomic E-state index is 0.362. The van der Waals surface area contributed by atoms with Crippen molar-refractivity contribution in [2.75, 3.05) is 0 Å². The Bertz CT molecular complexity index is 477. The van der Waals surface area contributed by atoms with Crippen LogP contribution < -0.4 is 0 Å². The van der Waals surface area contributed by atoms with Crippen LogP contribution in [0.3, 0.4) is 0 Å². The summed E-state index contributed by atoms with van der Waals surface area (Å²) in [6.07, 6.45) is 0. The van der Waals surface area contributed by atoms with E-state index in [9.17, 15) is 0 Å². The molecule has 1 aromatic carbocycles. The largest absolute Gasteiger partial charge is 0.333 e. The number of imidazole rings is 1. The summed E-state index contributed by atoms with van der Waals surface area (Å²) in [5, 5.41) is 8.68. The molecule has 3 nitrogen and oxygen atoms in total. The highest BCUT2D eigenvalue weighted by Crippen LogP contribution is 2.19. The smallest absolute Gasteiger partial charge is 0.210 e. The summed E-state index contributed by atoms with van der Waals surface area (Å²) < 4.78 is 0. The minimum Gasteiger partial charge on any atom is -0.333 e. The van der Waals surface area contributed by atoms with Gasteiger partial charge in [0, 0.05) is 11.3 Å². The first kappa shape index (κ1) is 8.52. The number of nitriles is 1. The molecule has 1 heterocycles. The van der Waals surface area contributed by atoms with Gasteiger partial charge in [-0.15, -0.1) is 0 Å². The monoisotopic (exact) mass is 183 g/mol. The first-order chi connectivity index (χ1) is 6.81. The van der Waals surface area contributed by atoms with E-state index in [0.717, 1.165) is 17.0 Å². The summed E-state index contributed by atoms with van der Waals surface area (Å²) in [4.78, 5) is 7.10. The number of nitrogens with one attached hydrogen (secondary N) is 1. The summed E-state index contributed by atoms with van der Waals surface area (Å²) >= 11 is 0. The van der Waals surface area contributed by atoms with Gasteiger partial charge in [0.05, 0.1) is 5.69 Å². The Morgan fingerprint density at radius 1 is 1.29 bits per heavy atom. The highest BCUT2D eigenvalue weighted by molar-refractivity contribution is 5.62. The van der Waals surface area contributed by atoms with Gasteiger partial charge in [0.25, 0.3) is 0 Å². The standard InChI is InChI=1S/C11H9N3/c1-8-11(14-10(7-12)13-8)9-5-3-2-4-6-9/h2-6H,1H3,(H,13,14). The minimum absolute atomic E-state index is 0.362. The fourth-order valence-electron chi connectivity index (χ4n) is 1.39. The molecule has 68 valence electrons. The zero-order chi connectivity index (χ0) is 9.97. The van der Waals surface area contributed by atoms with Crippen molar-refractivity contribution in [3.8, 4) is 17.3 Å². The quantitative estimate of drug-likeness (QED) is 0.737. The van der Waals surface area contributed by atoms with Gasteiger partial charge in [-0.1, -0.05) is 30.3 Å². The van der Waals surface area contributed by atoms with E-state index in [1.54, 1.807) is 0 Å². The fourth-order valence-corrected chi connectivity index (χ4v) is 1.39. The molecule has 0 aliphatic heterocycles. The molecule has 2 rings (SSSR count). The van der Waals surface area contributed by atoms with Gasteiger partial charge in [0.1, 0.15) is 6.07 Å². The number of aromatic amines is 1. The Hall–Kier alpha value is -2.08. The summed E-state index contributed by atoms with van der Waals surface area (Å²) in [5.74, 6) is 0.362. The molecule has 0 saturated carbocycles. The van der Waals surface area contributed by atoms with Crippen molar-refractivity contribution in [3.63, 3.8) is 0 Å². The second-order valence-electron chi connectivity index (χ2n) is 3.04. The molecular formula is C11H9N3. The number of hydrogen-bond donors (Lipinski definition) is 1. The highest BCUT2D eigenvalue weighted by Gasteiger charge is 2.07. The van der Waals surface area contributed by atoms with E-state index in [1.165, 1.54) is 0 Å². The lowest BCUT2D eigenvalue weighted by molar-refractivity contribution is 1.20. The van der Waals surface area contributed by atoms with Crippen LogP contribution >= 0.6 is 0 Å². The molecule has 0 aliphatic carbocycles. The van der Waals surface area contributed by atoms with Crippen molar-refractivity contribution < 1.29 is 0 Å². The van der Waals surface area contributed by atoms with Gasteiger partial charge in [0.2, 0.25) is 5.82 Å². The topological polar surface area (TPSA) is 52.5 Å². The predicted octanol–water partition coefficient (Wildman–Crippen LogP) is 2.26. The molecule has 0 saturated heterocycles. The molecule has 0 aliphatic rings. The Labute approximate surface area is 82.0 Å². The van der Waals surface area contributed by atoms with Gasteiger partial charge in [-0.3, -0.25) is 0 Å². The van der Waals surface area contributed by atoms with Gasteiger partial charge in [0.15, 0.2) is 0 Å². The molecule has 1 aromatic heterocycles. The Morgan fingerprint density at radius 3 is 2.57 bits per heavy atom. The average Bonchev–Trinajstić information content (AvgIpc) is 2.61. The van der Waals surface area contributed by atoms with Gasteiger partial charge < -0.3 is 4.98 Å². The van der Waals surface area contributed by atoms with E-state index in [1.807, 2.05) is 43.3 Å². The van der Waals surface area contributed by atoms with E-state index in [2.05, 4.69) is 9.97 Å². The predicted molar refractivity (Wildman–Crippen MR) is 53.5 cm³/mol. The van der Waals surface area contributed by atoms with E-state index in [-0.39, 0.29) is 0 Å². The lowest BCUT2D eigenvalue weighted by atomic mass is 10.1. The van der Waals surface area contributed by atoms with Gasteiger partial charge in [-0.05, 0) is 6.92 Å². The average molecular weight is 183 g/mol. The third-order valence-electron chi connectivity index (χ3n) is 2.04. The number of H-pyrrole nitrogens is 1. The number of nitrogens with zero attached hydrogens (tertiary/aromatic N) is 2. The third-order valence-corrected chi connectivity index (χ3v) is 2.04. The zero-order valence-corrected chi connectivity index (χ0v) is 7.78. The van der Waals surface area contributed by atoms with Crippen LogP contribution in [-0.4, -0.2) is 9.97 Å². The van der Waals surface area contributed by atoms with Crippen LogP contribution in [0.4, 0.5) is 0 Å². The maximum atomic E-state index is 8.68. The van der Waals surface area contributed by atoms with Crippen molar-refractivity contribution in [1.29, 1.82) is 5.26 Å². The van der Waals surface area contributed by atoms with Crippen LogP contribution in [0.1, 0.15) is 11.5 Å². The summed E-state index contributed by atoms with van der Waals surface area (Å²) in [6, 6.07) is 11.8. The Morgan fingerprint density at radius 2 is 2.00 bits per heavy atom. The number of aromatic nitrogens is 2. The second-order valence-corrected chi connectivity index (χ2v) is 3.04. The summed E-state index contributed by atoms with van der Waals surface area (Å²) in [5.41, 5.74) is 2.80. The van der Waals surface area contributed by atoms with Crippen LogP contribution in [0.5, 0.6) is 0 Å². The molecule has 2 aromatic rings. The SMILES string of the molecule is Cc1[nH]c(C#N)nc1-c1ccccc1. The number of benzene rings is 1. The molecule has 0 radical (unpaired) electrons. The Kier molecular flexibility index (Phi) is 2.04. The molecule has 14 heavy (non-hydrogen) atoms. The first-order valence-corrected chi connectivity index (χ1v) is 4.33. The van der Waals surface area contributed by atoms with Gasteiger partial charge >= 0.3 is 0 Å². The van der Waals surface area contributed by atoms with Crippen molar-refractivity contribution in [2.24, 2.45) is 0 Å². The number of hydrogen-bond acceptors (Lipinski definition) is 2. The fraction of sp³-hybridized carbons (Fsp3) is 0.0909. The molecule has 0 amide bonds. The van der Waals surface area contributed by atoms with Crippen molar-refractivity contribution >= 4 is 0 Å². The molecule has 1 N–H and O–H groups in total. The van der Waals surface area contributed by atoms with Crippen LogP contribution in [0, 0.1) is 18.3 Å². The normalized spacial score (nSPS) is 9.71. The van der Waals surface area contributed by atoms with Crippen molar-refractivity contribution in [3.05, 3.63) is 41.9 Å². The zero-order valence-electron chi connectivity index (χ0n) is 7.78. The van der Waals surface area contributed by atoms with E-state index in [0.29, 0.717) is 5.82 Å². The maximum Gasteiger partial charge on any atom is 0.210 e. The summed E-state index contributed by atoms with van der Waals surface area (Å²) in [7, 11) is 0. The van der Waals surface area contributed by atoms with Crippen molar-refractivity contribution in [1.82, 2.24) is 9.97 Å². The van der Waals surface area contributed by atoms with E-state index in [4.69, 9.17) is 5.26 Å². The maximum absolute atomic E-state index is 8.68. The third kappa shape index (κ3) is 1.38. The van der Waals surface area contributed by atoms with Gasteiger partial charge in [-0.2, -0.15) is 5.26 Å². The van der Waals surface area contributed by atoms with Crippen molar-refractivity contribution in [2.45, 2.75) is 6.92 Å². The summed E-state index contributed by atoms with van der Waals surface area (Å²) in [6.45, 7) is 1.91. The Balaban J connectivity index is 2.53. The number of aryl methyl sites for hydroxylation is 1. The van der Waals surface area contributed by atoms with E-state index < -0.39 is 0 Å². The number of rotatable bonds is 1. The molecule has 0 spiro atoms. The molecule has 0 fully saturated rings. The van der Waals surface area contributed by atoms with Crippen LogP contribution in [0.25, 0.3) is 11.3 Å². The van der Waals surface area contributed by atoms with Crippen LogP contribution in [0.15, 0.2) is 30.3 Å². The van der Waals surface area contributed by atoms with Gasteiger partial charge in [-0.25, -0.2) is 4.98 Å². The second kappa shape index (κ2) is 3.35. The molecule has 0 bridgehead atoms. The molecule has 0 atom stereocenters.